The molecule has 0 spiro atoms. The van der Waals surface area contributed by atoms with Crippen molar-refractivity contribution in [2.75, 3.05) is 6.54 Å². The van der Waals surface area contributed by atoms with Crippen LogP contribution in [0.5, 0.6) is 0 Å². The molecule has 1 atom stereocenters. The average Bonchev–Trinajstić information content (AvgIpc) is 2.90. The van der Waals surface area contributed by atoms with E-state index in [9.17, 15) is 13.2 Å². The van der Waals surface area contributed by atoms with E-state index in [0.29, 0.717) is 22.4 Å². The molecule has 1 unspecified atom stereocenters. The maximum atomic E-state index is 13.0. The summed E-state index contributed by atoms with van der Waals surface area (Å²) in [7, 11) is 0. The van der Waals surface area contributed by atoms with Crippen molar-refractivity contribution in [3.63, 3.8) is 0 Å². The minimum atomic E-state index is -4.32. The maximum absolute atomic E-state index is 13.0. The van der Waals surface area contributed by atoms with Crippen LogP contribution < -0.4 is 5.32 Å². The Kier molecular flexibility index (Phi) is 8.47. The lowest BCUT2D eigenvalue weighted by atomic mass is 9.92. The van der Waals surface area contributed by atoms with E-state index in [2.05, 4.69) is 10.3 Å². The topological polar surface area (TPSA) is 29.9 Å². The van der Waals surface area contributed by atoms with Crippen LogP contribution in [0.3, 0.4) is 0 Å². The van der Waals surface area contributed by atoms with Crippen LogP contribution in [-0.4, -0.2) is 22.1 Å². The summed E-state index contributed by atoms with van der Waals surface area (Å²) in [6.45, 7) is 3.28. The van der Waals surface area contributed by atoms with Crippen molar-refractivity contribution in [3.8, 4) is 0 Å². The lowest BCUT2D eigenvalue weighted by Crippen LogP contribution is -2.32. The predicted molar refractivity (Wildman–Crippen MR) is 114 cm³/mol. The van der Waals surface area contributed by atoms with Gasteiger partial charge in [0.2, 0.25) is 0 Å². The Morgan fingerprint density at radius 3 is 2.66 bits per heavy atom. The van der Waals surface area contributed by atoms with Crippen molar-refractivity contribution in [1.29, 1.82) is 0 Å². The lowest BCUT2D eigenvalue weighted by molar-refractivity contribution is -0.137. The highest BCUT2D eigenvalue weighted by Crippen LogP contribution is 2.32. The first-order valence-electron chi connectivity index (χ1n) is 9.24. The third-order valence-corrected chi connectivity index (χ3v) is 5.77. The molecule has 1 N–H and O–H groups in total. The van der Waals surface area contributed by atoms with E-state index in [1.807, 2.05) is 17.6 Å². The number of hydrogen-bond donors (Lipinski definition) is 1. The average molecular weight is 469 g/mol. The lowest BCUT2D eigenvalue weighted by Gasteiger charge is -2.25. The van der Waals surface area contributed by atoms with Gasteiger partial charge in [-0.3, -0.25) is 0 Å². The number of alkyl halides is 3. The molecule has 1 aliphatic heterocycles. The van der Waals surface area contributed by atoms with Crippen LogP contribution in [-0.2, 0) is 12.7 Å². The summed E-state index contributed by atoms with van der Waals surface area (Å²) >= 11 is 12.1. The molecular weight excluding hydrogens is 446 g/mol. The zero-order valence-corrected chi connectivity index (χ0v) is 18.2. The Bertz CT molecular complexity index is 862. The fourth-order valence-corrected chi connectivity index (χ4v) is 4.00. The number of hydrogen-bond acceptors (Lipinski definition) is 2. The van der Waals surface area contributed by atoms with Crippen LogP contribution in [0.4, 0.5) is 13.2 Å². The van der Waals surface area contributed by atoms with E-state index in [1.54, 1.807) is 6.07 Å². The Balaban J connectivity index is 0.00000300. The van der Waals surface area contributed by atoms with Crippen LogP contribution in [0.15, 0.2) is 30.3 Å². The second-order valence-electron chi connectivity index (χ2n) is 7.01. The van der Waals surface area contributed by atoms with Crippen molar-refractivity contribution >= 4 is 41.2 Å². The molecule has 0 fully saturated rings. The number of rotatable bonds is 6. The molecule has 0 radical (unpaired) electrons. The third-order valence-electron chi connectivity index (χ3n) is 5.02. The highest BCUT2D eigenvalue weighted by Gasteiger charge is 2.30. The van der Waals surface area contributed by atoms with Gasteiger partial charge in [0.25, 0.3) is 0 Å². The summed E-state index contributed by atoms with van der Waals surface area (Å²) in [6.07, 6.45) is 1.21. The van der Waals surface area contributed by atoms with Crippen molar-refractivity contribution in [1.82, 2.24) is 14.9 Å². The van der Waals surface area contributed by atoms with Crippen molar-refractivity contribution in [2.24, 2.45) is 0 Å². The largest absolute Gasteiger partial charge is 0.416 e. The Hall–Kier alpha value is -1.21. The van der Waals surface area contributed by atoms with E-state index >= 15 is 0 Å². The molecule has 3 rings (SSSR count). The summed E-state index contributed by atoms with van der Waals surface area (Å²) in [5, 5.41) is 4.21. The first-order valence-corrected chi connectivity index (χ1v) is 9.99. The number of benzene rings is 1. The molecule has 9 heteroatoms. The zero-order valence-electron chi connectivity index (χ0n) is 15.9. The maximum Gasteiger partial charge on any atom is 0.416 e. The van der Waals surface area contributed by atoms with Gasteiger partial charge in [-0.05, 0) is 49.5 Å². The van der Waals surface area contributed by atoms with E-state index in [-0.39, 0.29) is 18.4 Å². The summed E-state index contributed by atoms with van der Waals surface area (Å²) < 4.78 is 40.8. The van der Waals surface area contributed by atoms with Crippen LogP contribution in [0, 0.1) is 6.92 Å². The summed E-state index contributed by atoms with van der Waals surface area (Å²) in [5.74, 6) is 0.792. The first-order chi connectivity index (χ1) is 13.3. The molecule has 1 aromatic heterocycles. The predicted octanol–water partition coefficient (Wildman–Crippen LogP) is 6.55. The molecular formula is C20H23Cl3F3N3. The number of nitrogens with zero attached hydrogens (tertiary/aromatic N) is 2. The van der Waals surface area contributed by atoms with Crippen LogP contribution in [0.1, 0.15) is 42.6 Å². The standard InChI is InChI=1S/C20H22Cl2F3N3.ClH/c1-13-27-18(21)19(22)28(13)10-3-2-7-17-12-15(8-9-26-17)14-5-4-6-16(11-14)20(23,24)25;/h4-6,8,11,17,26H,2-3,7,9-10,12H2,1H3;1H. The number of nitrogens with one attached hydrogen (secondary N) is 1. The Morgan fingerprint density at radius 2 is 2.00 bits per heavy atom. The fourth-order valence-electron chi connectivity index (χ4n) is 3.53. The molecule has 0 amide bonds. The van der Waals surface area contributed by atoms with Gasteiger partial charge in [0, 0.05) is 19.1 Å². The highest BCUT2D eigenvalue weighted by atomic mass is 35.5. The Morgan fingerprint density at radius 1 is 1.24 bits per heavy atom. The molecule has 3 nitrogen and oxygen atoms in total. The van der Waals surface area contributed by atoms with Gasteiger partial charge in [-0.15, -0.1) is 12.4 Å². The first kappa shape index (κ1) is 24.1. The second kappa shape index (κ2) is 10.2. The van der Waals surface area contributed by atoms with Crippen molar-refractivity contribution in [3.05, 3.63) is 57.6 Å². The molecule has 2 aromatic rings. The molecule has 0 aliphatic carbocycles. The summed E-state index contributed by atoms with van der Waals surface area (Å²) in [4.78, 5) is 4.14. The second-order valence-corrected chi connectivity index (χ2v) is 7.72. The Labute approximate surface area is 184 Å². The van der Waals surface area contributed by atoms with Crippen molar-refractivity contribution in [2.45, 2.75) is 51.4 Å². The van der Waals surface area contributed by atoms with Gasteiger partial charge in [-0.2, -0.15) is 13.2 Å². The van der Waals surface area contributed by atoms with E-state index in [1.165, 1.54) is 12.1 Å². The van der Waals surface area contributed by atoms with E-state index in [0.717, 1.165) is 49.7 Å². The molecule has 29 heavy (non-hydrogen) atoms. The van der Waals surface area contributed by atoms with E-state index < -0.39 is 11.7 Å². The fraction of sp³-hybridized carbons (Fsp3) is 0.450. The molecule has 2 heterocycles. The number of imidazole rings is 1. The molecule has 0 bridgehead atoms. The van der Waals surface area contributed by atoms with Gasteiger partial charge < -0.3 is 9.88 Å². The van der Waals surface area contributed by atoms with Gasteiger partial charge in [0.1, 0.15) is 11.0 Å². The van der Waals surface area contributed by atoms with E-state index in [4.69, 9.17) is 23.2 Å². The minimum absolute atomic E-state index is 0. The highest BCUT2D eigenvalue weighted by molar-refractivity contribution is 6.40. The molecule has 1 aliphatic rings. The van der Waals surface area contributed by atoms with Gasteiger partial charge in [-0.1, -0.05) is 47.8 Å². The van der Waals surface area contributed by atoms with Gasteiger partial charge in [-0.25, -0.2) is 4.98 Å². The molecule has 1 aromatic carbocycles. The molecule has 0 saturated heterocycles. The monoisotopic (exact) mass is 467 g/mol. The number of aryl methyl sites for hydroxylation is 1. The third kappa shape index (κ3) is 6.14. The van der Waals surface area contributed by atoms with Crippen LogP contribution >= 0.6 is 35.6 Å². The summed E-state index contributed by atoms with van der Waals surface area (Å²) in [5.41, 5.74) is 1.01. The zero-order chi connectivity index (χ0) is 20.3. The number of halogens is 6. The normalized spacial score (nSPS) is 17.0. The number of aromatic nitrogens is 2. The van der Waals surface area contributed by atoms with Crippen molar-refractivity contribution < 1.29 is 13.2 Å². The molecule has 160 valence electrons. The van der Waals surface area contributed by atoms with Gasteiger partial charge >= 0.3 is 6.18 Å². The van der Waals surface area contributed by atoms with Gasteiger partial charge in [0.05, 0.1) is 5.56 Å². The number of unbranched alkanes of at least 4 members (excludes halogenated alkanes) is 1. The quantitative estimate of drug-likeness (QED) is 0.487. The van der Waals surface area contributed by atoms with Crippen LogP contribution in [0.25, 0.3) is 5.57 Å². The molecule has 0 saturated carbocycles. The van der Waals surface area contributed by atoms with Gasteiger partial charge in [0.15, 0.2) is 5.15 Å². The smallest absolute Gasteiger partial charge is 0.318 e. The minimum Gasteiger partial charge on any atom is -0.318 e. The summed E-state index contributed by atoms with van der Waals surface area (Å²) in [6, 6.07) is 5.81. The van der Waals surface area contributed by atoms with Crippen LogP contribution in [0.2, 0.25) is 10.3 Å². The SMILES string of the molecule is Cc1nc(Cl)c(Cl)n1CCCCC1CC(c2cccc(C(F)(F)F)c2)=CCN1.Cl.